The predicted molar refractivity (Wildman–Crippen MR) is 110 cm³/mol. The maximum Gasteiger partial charge on any atom is 0.259 e. The lowest BCUT2D eigenvalue weighted by Gasteiger charge is -2.22. The van der Waals surface area contributed by atoms with E-state index in [1.165, 1.54) is 16.4 Å². The van der Waals surface area contributed by atoms with E-state index in [0.717, 1.165) is 5.56 Å². The van der Waals surface area contributed by atoms with Crippen LogP contribution in [0.15, 0.2) is 35.2 Å². The zero-order valence-corrected chi connectivity index (χ0v) is 17.7. The summed E-state index contributed by atoms with van der Waals surface area (Å²) < 4.78 is 33.5. The van der Waals surface area contributed by atoms with E-state index in [-0.39, 0.29) is 21.2 Å². The predicted octanol–water partition coefficient (Wildman–Crippen LogP) is 4.82. The number of rotatable bonds is 6. The van der Waals surface area contributed by atoms with Crippen LogP contribution in [0, 0.1) is 6.92 Å². The Morgan fingerprint density at radius 1 is 1.07 bits per heavy atom. The zero-order chi connectivity index (χ0) is 20.5. The summed E-state index contributed by atoms with van der Waals surface area (Å²) in [6.07, 6.45) is 1.36. The molecule has 0 aromatic heterocycles. The number of carbonyl (C=O) groups excluding carboxylic acids is 1. The first-order valence-corrected chi connectivity index (χ1v) is 11.0. The number of nitrogens with zero attached hydrogens (tertiary/aromatic N) is 1. The molecule has 8 heteroatoms. The van der Waals surface area contributed by atoms with E-state index in [9.17, 15) is 13.2 Å². The third-order valence-electron chi connectivity index (χ3n) is 4.45. The summed E-state index contributed by atoms with van der Waals surface area (Å²) in [6, 6.07) is 8.11. The van der Waals surface area contributed by atoms with Crippen molar-refractivity contribution < 1.29 is 17.9 Å². The molecule has 2 aromatic rings. The Morgan fingerprint density at radius 3 is 2.39 bits per heavy atom. The van der Waals surface area contributed by atoms with Crippen LogP contribution in [0.3, 0.4) is 0 Å². The van der Waals surface area contributed by atoms with Crippen LogP contribution in [0.2, 0.25) is 5.02 Å². The molecule has 1 aliphatic heterocycles. The van der Waals surface area contributed by atoms with Crippen molar-refractivity contribution in [2.75, 3.05) is 18.4 Å². The van der Waals surface area contributed by atoms with Crippen LogP contribution in [0.1, 0.15) is 42.6 Å². The van der Waals surface area contributed by atoms with Crippen LogP contribution in [-0.4, -0.2) is 31.7 Å². The van der Waals surface area contributed by atoms with Gasteiger partial charge >= 0.3 is 0 Å². The molecule has 0 atom stereocenters. The average Bonchev–Trinajstić information content (AvgIpc) is 2.76. The Labute approximate surface area is 170 Å². The number of halogens is 1. The third kappa shape index (κ3) is 3.87. The number of ether oxygens (including phenoxy) is 1. The molecule has 6 nitrogen and oxygen atoms in total. The van der Waals surface area contributed by atoms with E-state index in [4.69, 9.17) is 16.3 Å². The SMILES string of the molecule is CCCN(CCC)S(=O)(=O)c1cc2c(cc1Cl)Oc1ccc(C)cc1NC2=O. The zero-order valence-electron chi connectivity index (χ0n) is 16.1. The summed E-state index contributed by atoms with van der Waals surface area (Å²) in [5, 5.41) is 2.81. The van der Waals surface area contributed by atoms with Gasteiger partial charge in [0.2, 0.25) is 10.0 Å². The minimum Gasteiger partial charge on any atom is -0.454 e. The van der Waals surface area contributed by atoms with E-state index < -0.39 is 15.9 Å². The average molecular weight is 423 g/mol. The Kier molecular flexibility index (Phi) is 5.98. The molecule has 1 heterocycles. The Hall–Kier alpha value is -2.09. The molecule has 0 saturated carbocycles. The molecule has 0 spiro atoms. The largest absolute Gasteiger partial charge is 0.454 e. The van der Waals surface area contributed by atoms with Gasteiger partial charge in [-0.1, -0.05) is 31.5 Å². The molecule has 3 rings (SSSR count). The number of fused-ring (bicyclic) bond motifs is 2. The van der Waals surface area contributed by atoms with E-state index in [1.54, 1.807) is 12.1 Å². The number of benzene rings is 2. The van der Waals surface area contributed by atoms with Gasteiger partial charge in [-0.25, -0.2) is 8.42 Å². The summed E-state index contributed by atoms with van der Waals surface area (Å²) in [5.74, 6) is 0.259. The molecular formula is C20H23ClN2O4S. The van der Waals surface area contributed by atoms with Gasteiger partial charge in [0.1, 0.15) is 10.6 Å². The maximum atomic E-state index is 13.1. The van der Waals surface area contributed by atoms with Gasteiger partial charge in [-0.05, 0) is 43.5 Å². The molecular weight excluding hydrogens is 400 g/mol. The van der Waals surface area contributed by atoms with Crippen molar-refractivity contribution in [2.45, 2.75) is 38.5 Å². The second-order valence-corrected chi connectivity index (χ2v) is 9.05. The highest BCUT2D eigenvalue weighted by Crippen LogP contribution is 2.40. The van der Waals surface area contributed by atoms with Gasteiger partial charge in [0, 0.05) is 19.2 Å². The Morgan fingerprint density at radius 2 is 1.75 bits per heavy atom. The van der Waals surface area contributed by atoms with Gasteiger partial charge in [0.05, 0.1) is 16.3 Å². The number of hydrogen-bond acceptors (Lipinski definition) is 4. The van der Waals surface area contributed by atoms with Crippen molar-refractivity contribution in [1.82, 2.24) is 4.31 Å². The van der Waals surface area contributed by atoms with Gasteiger partial charge in [0.25, 0.3) is 5.91 Å². The van der Waals surface area contributed by atoms with Crippen molar-refractivity contribution in [1.29, 1.82) is 0 Å². The van der Waals surface area contributed by atoms with Crippen molar-refractivity contribution in [3.8, 4) is 11.5 Å². The van der Waals surface area contributed by atoms with Crippen molar-refractivity contribution >= 4 is 33.2 Å². The lowest BCUT2D eigenvalue weighted by atomic mass is 10.2. The molecule has 2 aromatic carbocycles. The molecule has 150 valence electrons. The number of hydrogen-bond donors (Lipinski definition) is 1. The maximum absolute atomic E-state index is 13.1. The fourth-order valence-corrected chi connectivity index (χ4v) is 5.27. The fourth-order valence-electron chi connectivity index (χ4n) is 3.12. The molecule has 0 bridgehead atoms. The highest BCUT2D eigenvalue weighted by atomic mass is 35.5. The summed E-state index contributed by atoms with van der Waals surface area (Å²) in [6.45, 7) is 6.50. The van der Waals surface area contributed by atoms with E-state index in [2.05, 4.69) is 5.32 Å². The standard InChI is InChI=1S/C20H23ClN2O4S/c1-4-8-23(9-5-2)28(25,26)19-11-14-18(12-15(19)21)27-17-7-6-13(3)10-16(17)22-20(14)24/h6-7,10-12H,4-5,8-9H2,1-3H3,(H,22,24). The summed E-state index contributed by atoms with van der Waals surface area (Å²) in [4.78, 5) is 12.7. The second kappa shape index (κ2) is 8.11. The lowest BCUT2D eigenvalue weighted by molar-refractivity contribution is 0.102. The van der Waals surface area contributed by atoms with Crippen LogP contribution in [0.4, 0.5) is 5.69 Å². The van der Waals surface area contributed by atoms with Gasteiger partial charge < -0.3 is 10.1 Å². The minimum atomic E-state index is -3.83. The van der Waals surface area contributed by atoms with Crippen molar-refractivity contribution in [3.63, 3.8) is 0 Å². The highest BCUT2D eigenvalue weighted by Gasteiger charge is 2.30. The molecule has 0 aliphatic carbocycles. The van der Waals surface area contributed by atoms with E-state index in [1.807, 2.05) is 26.8 Å². The Bertz CT molecular complexity index is 1020. The van der Waals surface area contributed by atoms with Crippen molar-refractivity contribution in [3.05, 3.63) is 46.5 Å². The van der Waals surface area contributed by atoms with Crippen LogP contribution >= 0.6 is 11.6 Å². The first-order chi connectivity index (χ1) is 13.3. The number of amides is 1. The van der Waals surface area contributed by atoms with E-state index in [0.29, 0.717) is 37.4 Å². The molecule has 0 fully saturated rings. The highest BCUT2D eigenvalue weighted by molar-refractivity contribution is 7.89. The normalized spacial score (nSPS) is 13.4. The van der Waals surface area contributed by atoms with Crippen LogP contribution in [-0.2, 0) is 10.0 Å². The summed E-state index contributed by atoms with van der Waals surface area (Å²) >= 11 is 6.33. The quantitative estimate of drug-likeness (QED) is 0.724. The summed E-state index contributed by atoms with van der Waals surface area (Å²) in [5.41, 5.74) is 1.62. The first-order valence-electron chi connectivity index (χ1n) is 9.21. The number of nitrogens with one attached hydrogen (secondary N) is 1. The van der Waals surface area contributed by atoms with Gasteiger partial charge in [-0.15, -0.1) is 0 Å². The van der Waals surface area contributed by atoms with Gasteiger partial charge in [-0.2, -0.15) is 4.31 Å². The number of carbonyl (C=O) groups is 1. The van der Waals surface area contributed by atoms with Gasteiger partial charge in [0.15, 0.2) is 5.75 Å². The van der Waals surface area contributed by atoms with E-state index >= 15 is 0 Å². The molecule has 1 amide bonds. The van der Waals surface area contributed by atoms with Crippen LogP contribution < -0.4 is 10.1 Å². The van der Waals surface area contributed by atoms with Crippen molar-refractivity contribution in [2.24, 2.45) is 0 Å². The molecule has 0 unspecified atom stereocenters. The second-order valence-electron chi connectivity index (χ2n) is 6.74. The van der Waals surface area contributed by atoms with Gasteiger partial charge in [-0.3, -0.25) is 4.79 Å². The minimum absolute atomic E-state index is 0.0271. The topological polar surface area (TPSA) is 75.7 Å². The lowest BCUT2D eigenvalue weighted by Crippen LogP contribution is -2.33. The summed E-state index contributed by atoms with van der Waals surface area (Å²) in [7, 11) is -3.83. The smallest absolute Gasteiger partial charge is 0.259 e. The first kappa shape index (κ1) is 20.6. The molecule has 28 heavy (non-hydrogen) atoms. The number of aryl methyl sites for hydroxylation is 1. The molecule has 1 aliphatic rings. The molecule has 0 saturated heterocycles. The fraction of sp³-hybridized carbons (Fsp3) is 0.350. The monoisotopic (exact) mass is 422 g/mol. The molecule has 0 radical (unpaired) electrons. The number of sulfonamides is 1. The Balaban J connectivity index is 2.09. The number of anilines is 1. The third-order valence-corrected chi connectivity index (χ3v) is 6.81. The van der Waals surface area contributed by atoms with Crippen LogP contribution in [0.5, 0.6) is 11.5 Å². The van der Waals surface area contributed by atoms with Crippen LogP contribution in [0.25, 0.3) is 0 Å². The molecule has 1 N–H and O–H groups in total.